The topological polar surface area (TPSA) is 23.5 Å². The molecule has 0 amide bonds. The van der Waals surface area contributed by atoms with Crippen LogP contribution in [0.25, 0.3) is 0 Å². The zero-order valence-electron chi connectivity index (χ0n) is 7.53. The van der Waals surface area contributed by atoms with Gasteiger partial charge in [-0.25, -0.2) is 0 Å². The van der Waals surface area contributed by atoms with Gasteiger partial charge in [-0.1, -0.05) is 13.8 Å². The van der Waals surface area contributed by atoms with E-state index < -0.39 is 0 Å². The summed E-state index contributed by atoms with van der Waals surface area (Å²) < 4.78 is 1.84. The Morgan fingerprint density at radius 3 is 2.00 bits per heavy atom. The first-order valence-corrected chi connectivity index (χ1v) is 5.03. The quantitative estimate of drug-likeness (QED) is 0.491. The van der Waals surface area contributed by atoms with Gasteiger partial charge in [0.25, 0.3) is 0 Å². The SMILES string of the molecule is CC.CCN(P)C(=S)[C](O)=[V].[U]. The van der Waals surface area contributed by atoms with E-state index in [9.17, 15) is 0 Å². The van der Waals surface area contributed by atoms with Crippen LogP contribution >= 0.6 is 21.6 Å². The third-order valence-electron chi connectivity index (χ3n) is 0.793. The van der Waals surface area contributed by atoms with Gasteiger partial charge in [-0.15, -0.1) is 0 Å². The van der Waals surface area contributed by atoms with E-state index >= 15 is 0 Å². The van der Waals surface area contributed by atoms with Crippen molar-refractivity contribution in [2.45, 2.75) is 20.8 Å². The minimum absolute atomic E-state index is 0. The van der Waals surface area contributed by atoms with Crippen molar-refractivity contribution in [2.75, 3.05) is 6.54 Å². The average Bonchev–Trinajstić information content (AvgIpc) is 2.05. The standard InChI is InChI=1S/C4H8NOPS.C2H6.U.V/c1-2-5(7)4(8)3-6;1-2;;/h6H,2,7H2,1H3;1-2H3;;. The van der Waals surface area contributed by atoms with Crippen LogP contribution in [0.15, 0.2) is 0 Å². The molecule has 1 unspecified atom stereocenters. The zero-order valence-corrected chi connectivity index (χ0v) is 15.1. The van der Waals surface area contributed by atoms with Gasteiger partial charge >= 0.3 is 71.2 Å². The van der Waals surface area contributed by atoms with Crippen LogP contribution in [-0.4, -0.2) is 25.7 Å². The molecule has 0 aliphatic carbocycles. The monoisotopic (exact) mass is 468 g/mol. The Bertz CT molecular complexity index is 148. The Hall–Kier alpha value is 1.79. The number of likely N-dealkylation sites (N-methyl/N-ethyl adjacent to an activating group) is 1. The summed E-state index contributed by atoms with van der Waals surface area (Å²) in [5.74, 6) is 0. The van der Waals surface area contributed by atoms with Gasteiger partial charge in [0.1, 0.15) is 0 Å². The minimum atomic E-state index is 0. The summed E-state index contributed by atoms with van der Waals surface area (Å²) in [6.45, 7) is 6.74. The van der Waals surface area contributed by atoms with Gasteiger partial charge in [0.2, 0.25) is 0 Å². The van der Waals surface area contributed by atoms with Crippen LogP contribution in [0, 0.1) is 31.1 Å². The molecule has 1 N–H and O–H groups in total. The summed E-state index contributed by atoms with van der Waals surface area (Å²) in [5.41, 5.74) is 0. The maximum absolute atomic E-state index is 8.82. The fourth-order valence-corrected chi connectivity index (χ4v) is 0.898. The normalized spacial score (nSPS) is 7.00. The third-order valence-corrected chi connectivity index (χ3v) is 2.60. The second kappa shape index (κ2) is 12.8. The van der Waals surface area contributed by atoms with E-state index in [1.807, 2.05) is 37.8 Å². The molecule has 0 saturated carbocycles. The first-order chi connectivity index (χ1) is 5.09. The number of hydrogen-bond donors (Lipinski definition) is 1. The van der Waals surface area contributed by atoms with E-state index in [2.05, 4.69) is 9.39 Å². The van der Waals surface area contributed by atoms with Crippen LogP contribution in [0.4, 0.5) is 0 Å². The van der Waals surface area contributed by atoms with Crippen molar-refractivity contribution >= 4 is 31.0 Å². The van der Waals surface area contributed by atoms with Crippen LogP contribution < -0.4 is 0 Å². The van der Waals surface area contributed by atoms with E-state index in [4.69, 9.17) is 17.3 Å². The van der Waals surface area contributed by atoms with E-state index in [-0.39, 0.29) is 35.5 Å². The summed E-state index contributed by atoms with van der Waals surface area (Å²) in [6.07, 6.45) is 0. The van der Waals surface area contributed by atoms with Crippen molar-refractivity contribution < 1.29 is 53.2 Å². The number of aliphatic hydroxyl groups excluding tert-OH is 1. The van der Waals surface area contributed by atoms with Crippen LogP contribution in [0.2, 0.25) is 0 Å². The molecule has 0 bridgehead atoms. The molecule has 0 spiro atoms. The number of hydrogen-bond acceptors (Lipinski definition) is 2. The van der Waals surface area contributed by atoms with Crippen molar-refractivity contribution in [2.24, 2.45) is 0 Å². The molecule has 2 nitrogen and oxygen atoms in total. The van der Waals surface area contributed by atoms with E-state index in [0.29, 0.717) is 4.99 Å². The van der Waals surface area contributed by atoms with Crippen molar-refractivity contribution in [3.8, 4) is 0 Å². The maximum atomic E-state index is 8.82. The number of nitrogens with zero attached hydrogens (tertiary/aromatic N) is 1. The van der Waals surface area contributed by atoms with Gasteiger partial charge in [0.05, 0.1) is 0 Å². The van der Waals surface area contributed by atoms with Gasteiger partial charge in [0, 0.05) is 31.1 Å². The van der Waals surface area contributed by atoms with Crippen molar-refractivity contribution in [1.29, 1.82) is 0 Å². The molecule has 0 aromatic rings. The summed E-state index contributed by atoms with van der Waals surface area (Å²) in [4.78, 5) is 0.461. The molecule has 69 valence electrons. The van der Waals surface area contributed by atoms with E-state index in [1.54, 1.807) is 4.67 Å². The van der Waals surface area contributed by atoms with Gasteiger partial charge < -0.3 is 0 Å². The average molecular weight is 468 g/mol. The molecule has 0 aliphatic rings. The van der Waals surface area contributed by atoms with Gasteiger partial charge in [0.15, 0.2) is 0 Å². The Balaban J connectivity index is -0.000000249. The second-order valence-corrected chi connectivity index (χ2v) is 3.09. The van der Waals surface area contributed by atoms with Crippen LogP contribution in [-0.2, 0) is 17.0 Å². The molecule has 0 radical (unpaired) electrons. The molecule has 1 atom stereocenters. The summed E-state index contributed by atoms with van der Waals surface area (Å²) in [7, 11) is 2.42. The molecule has 0 heterocycles. The molecule has 0 saturated heterocycles. The molecular weight excluding hydrogens is 454 g/mol. The molecule has 0 rings (SSSR count). The maximum Gasteiger partial charge on any atom is 0 e. The van der Waals surface area contributed by atoms with Crippen LogP contribution in [0.3, 0.4) is 0 Å². The van der Waals surface area contributed by atoms with E-state index in [1.165, 1.54) is 0 Å². The summed E-state index contributed by atoms with van der Waals surface area (Å²) >= 11 is 6.81. The zero-order chi connectivity index (χ0) is 9.44. The number of aliphatic hydroxyl groups is 1. The number of rotatable bonds is 2. The summed E-state index contributed by atoms with van der Waals surface area (Å²) in [5, 5.41) is 8.82. The predicted octanol–water partition coefficient (Wildman–Crippen LogP) is 1.50. The van der Waals surface area contributed by atoms with Gasteiger partial charge in [-0.05, 0) is 0 Å². The Morgan fingerprint density at radius 2 is 1.92 bits per heavy atom. The largest absolute Gasteiger partial charge is 0 e. The van der Waals surface area contributed by atoms with E-state index in [0.717, 1.165) is 6.54 Å². The minimum Gasteiger partial charge on any atom is 0 e. The Morgan fingerprint density at radius 1 is 1.58 bits per heavy atom. The molecule has 0 fully saturated rings. The molecule has 6 heteroatoms. The van der Waals surface area contributed by atoms with Crippen LogP contribution in [0.5, 0.6) is 0 Å². The molecule has 12 heavy (non-hydrogen) atoms. The summed E-state index contributed by atoms with van der Waals surface area (Å²) in [6, 6.07) is 0. The smallest absolute Gasteiger partial charge is 0 e. The van der Waals surface area contributed by atoms with Crippen molar-refractivity contribution in [3.63, 3.8) is 0 Å². The van der Waals surface area contributed by atoms with Gasteiger partial charge in [-0.3, -0.25) is 0 Å². The van der Waals surface area contributed by atoms with Crippen molar-refractivity contribution in [3.05, 3.63) is 0 Å². The first kappa shape index (κ1) is 19.4. The second-order valence-electron chi connectivity index (χ2n) is 1.41. The van der Waals surface area contributed by atoms with Crippen molar-refractivity contribution in [1.82, 2.24) is 4.67 Å². The fraction of sp³-hybridized carbons (Fsp3) is 0.667. The fourth-order valence-electron chi connectivity index (χ4n) is 0.272. The van der Waals surface area contributed by atoms with Gasteiger partial charge in [-0.2, -0.15) is 0 Å². The molecular formula is C6H14NOPSUV. The first-order valence-electron chi connectivity index (χ1n) is 3.41. The van der Waals surface area contributed by atoms with Crippen LogP contribution in [0.1, 0.15) is 20.8 Å². The predicted molar refractivity (Wildman–Crippen MR) is 53.0 cm³/mol. The molecule has 0 aliphatic heterocycles. The number of thiocarbonyl (C=S) groups is 1. The third kappa shape index (κ3) is 9.87. The molecule has 0 aromatic heterocycles. The molecule has 0 aromatic carbocycles. The Labute approximate surface area is 115 Å². The Kier molecular flexibility index (Phi) is 20.6.